The summed E-state index contributed by atoms with van der Waals surface area (Å²) in [5, 5.41) is 115. The van der Waals surface area contributed by atoms with Crippen LogP contribution in [-0.4, -0.2) is 318 Å². The first-order chi connectivity index (χ1) is 54.1. The number of likely N-dealkylation sites (N-methyl/N-ethyl adjacent to an activating group) is 2. The number of carbonyl (C=O) groups is 2. The molecule has 0 aliphatic carbocycles. The normalized spacial score (nSPS) is 46.3. The Hall–Kier alpha value is -2.04. The second kappa shape index (κ2) is 45.9. The Kier molecular flexibility index (Phi) is 42.1. The Morgan fingerprint density at radius 3 is 1.12 bits per heavy atom. The van der Waals surface area contributed by atoms with E-state index in [0.717, 1.165) is 25.9 Å². The van der Waals surface area contributed by atoms with E-state index in [1.807, 2.05) is 93.4 Å². The minimum atomic E-state index is -3.04. The van der Waals surface area contributed by atoms with E-state index in [1.54, 1.807) is 69.6 Å². The fourth-order valence-corrected chi connectivity index (χ4v) is 18.9. The number of nitrogens with zero attached hydrogens (tertiary/aromatic N) is 2. The van der Waals surface area contributed by atoms with Gasteiger partial charge in [0.1, 0.15) is 47.8 Å². The van der Waals surface area contributed by atoms with Crippen LogP contribution in [0.25, 0.3) is 0 Å². The summed E-state index contributed by atoms with van der Waals surface area (Å²) in [6, 6.07) is -1.67. The molecule has 0 aromatic carbocycles. The molecule has 6 fully saturated rings. The van der Waals surface area contributed by atoms with Crippen LogP contribution in [0.3, 0.4) is 0 Å². The van der Waals surface area contributed by atoms with E-state index in [2.05, 4.69) is 67.5 Å². The van der Waals surface area contributed by atoms with Crippen LogP contribution in [0, 0.1) is 46.3 Å². The topological polar surface area (TPSA) is 431 Å². The average Bonchev–Trinajstić information content (AvgIpc) is 0.755. The zero-order valence-electron chi connectivity index (χ0n) is 76.8. The molecule has 0 spiro atoms. The molecular weight excluding hydrogens is 1540 g/mol. The number of carbonyl (C=O) groups excluding carboxylic acids is 2. The number of methoxy groups -OCH3 is 2. The zero-order chi connectivity index (χ0) is 89.4. The van der Waals surface area contributed by atoms with Crippen LogP contribution >= 0.6 is 8.25 Å². The van der Waals surface area contributed by atoms with Gasteiger partial charge in [0.15, 0.2) is 25.2 Å². The standard InChI is InChI=1S/2C42H81N3O11.HO4P.H2/c2*1-16-18-43-23-39(9)29(8)53-32(21-41(39,11)51-15)55-34-26(5)36(56-38-33(46)30(45(13)14)19-25(4)52-38)40(10,49)20-24(3)22-44-28(7)35(47)42(12,50)31(17-2)54-37(48)27(34)6;1-4-5(2)3;/h2*24-36,38,43-44,46-47,49-50H,16-23H2,1-15H3;1H;1H/t2*24-,25?,26?,27?,28-,29?,30?,31?,32+,33-,34?,35-,36-,38?,39-,40+,41-,42-;;/m11../s1. The smallest absolute Gasteiger partial charge is 0.521 e. The molecule has 692 valence electrons. The predicted molar refractivity (Wildman–Crippen MR) is 443 cm³/mol. The van der Waals surface area contributed by atoms with Crippen LogP contribution in [0.2, 0.25) is 0 Å². The monoisotopic (exact) mass is 1710 g/mol. The highest BCUT2D eigenvalue weighted by molar-refractivity contribution is 7.30. The Bertz CT molecular complexity index is 2780. The third-order valence-electron chi connectivity index (χ3n) is 27.3. The maximum atomic E-state index is 14.4. The van der Waals surface area contributed by atoms with Gasteiger partial charge in [0.05, 0.1) is 83.1 Å². The zero-order valence-corrected chi connectivity index (χ0v) is 77.7. The fourth-order valence-electron chi connectivity index (χ4n) is 18.9. The lowest BCUT2D eigenvalue weighted by atomic mass is 9.67. The van der Waals surface area contributed by atoms with Gasteiger partial charge in [-0.3, -0.25) is 9.59 Å². The Morgan fingerprint density at radius 1 is 0.530 bits per heavy atom. The summed E-state index contributed by atoms with van der Waals surface area (Å²) in [6.07, 6.45) is -10.8. The number of rotatable bonds is 23. The number of aliphatic hydroxyl groups excluding tert-OH is 4. The average molecular weight is 1710 g/mol. The summed E-state index contributed by atoms with van der Waals surface area (Å²) in [7, 11) is 7.96. The summed E-state index contributed by atoms with van der Waals surface area (Å²) >= 11 is 0. The molecule has 0 bridgehead atoms. The van der Waals surface area contributed by atoms with E-state index >= 15 is 0 Å². The highest BCUT2D eigenvalue weighted by Crippen LogP contribution is 2.50. The summed E-state index contributed by atoms with van der Waals surface area (Å²) in [6.45, 7) is 49.0. The van der Waals surface area contributed by atoms with Crippen LogP contribution in [0.1, 0.15) is 232 Å². The Balaban J connectivity index is 0.000000572. The number of hydrogen-bond acceptors (Lipinski definition) is 32. The minimum Gasteiger partial charge on any atom is -0.565 e. The van der Waals surface area contributed by atoms with Gasteiger partial charge in [0, 0.05) is 93.1 Å². The van der Waals surface area contributed by atoms with E-state index in [9.17, 15) is 50.4 Å². The Labute approximate surface area is 703 Å². The van der Waals surface area contributed by atoms with E-state index < -0.39 is 187 Å². The first kappa shape index (κ1) is 107. The van der Waals surface area contributed by atoms with Crippen LogP contribution in [0.5, 0.6) is 0 Å². The van der Waals surface area contributed by atoms with Gasteiger partial charge in [-0.2, -0.15) is 0 Å². The molecule has 32 nitrogen and oxygen atoms in total. The van der Waals surface area contributed by atoms with Crippen molar-refractivity contribution >= 4 is 20.2 Å². The van der Waals surface area contributed by atoms with E-state index in [1.165, 1.54) is 13.8 Å². The van der Waals surface area contributed by atoms with Crippen molar-refractivity contribution in [2.45, 2.75) is 399 Å². The third kappa shape index (κ3) is 27.0. The molecule has 6 aliphatic rings. The molecule has 6 aliphatic heterocycles. The Morgan fingerprint density at radius 2 is 0.846 bits per heavy atom. The highest BCUT2D eigenvalue weighted by Gasteiger charge is 2.60. The molecular formula is C84H165N6O26P. The molecule has 0 aromatic heterocycles. The lowest BCUT2D eigenvalue weighted by Gasteiger charge is -2.55. The van der Waals surface area contributed by atoms with Crippen molar-refractivity contribution < 1.29 is 128 Å². The van der Waals surface area contributed by atoms with Gasteiger partial charge in [-0.05, 0) is 219 Å². The molecule has 6 rings (SSSR count). The minimum absolute atomic E-state index is 0. The number of nitrogens with one attached hydrogen (secondary N) is 4. The van der Waals surface area contributed by atoms with Crippen LogP contribution < -0.4 is 26.2 Å². The van der Waals surface area contributed by atoms with Crippen molar-refractivity contribution in [1.82, 2.24) is 31.1 Å². The second-order valence-electron chi connectivity index (χ2n) is 37.7. The van der Waals surface area contributed by atoms with Gasteiger partial charge < -0.3 is 134 Å². The van der Waals surface area contributed by atoms with E-state index in [4.69, 9.17) is 71.6 Å². The lowest BCUT2D eigenvalue weighted by molar-refractivity contribution is -0.323. The molecule has 6 heterocycles. The fraction of sp³-hybridized carbons (Fsp3) is 0.976. The molecule has 0 saturated carbocycles. The van der Waals surface area contributed by atoms with Crippen molar-refractivity contribution in [3.63, 3.8) is 0 Å². The van der Waals surface area contributed by atoms with Gasteiger partial charge in [-0.1, -0.05) is 69.2 Å². The first-order valence-corrected chi connectivity index (χ1v) is 44.2. The molecule has 6 saturated heterocycles. The van der Waals surface area contributed by atoms with Crippen molar-refractivity contribution in [2.75, 3.05) is 81.7 Å². The van der Waals surface area contributed by atoms with Crippen molar-refractivity contribution in [3.05, 3.63) is 0 Å². The summed E-state index contributed by atoms with van der Waals surface area (Å²) in [5.41, 5.74) is -8.88. The summed E-state index contributed by atoms with van der Waals surface area (Å²) in [4.78, 5) is 41.5. The van der Waals surface area contributed by atoms with Crippen LogP contribution in [0.15, 0.2) is 0 Å². The maximum Gasteiger partial charge on any atom is 0.521 e. The number of aliphatic hydroxyl groups is 8. The molecule has 13 N–H and O–H groups in total. The summed E-state index contributed by atoms with van der Waals surface area (Å²) < 4.78 is 89.7. The largest absolute Gasteiger partial charge is 0.565 e. The molecule has 17 unspecified atom stereocenters. The quantitative estimate of drug-likeness (QED) is 0.0179. The van der Waals surface area contributed by atoms with Gasteiger partial charge in [-0.15, -0.1) is 0 Å². The molecule has 33 heteroatoms. The van der Waals surface area contributed by atoms with Gasteiger partial charge in [0.2, 0.25) is 0 Å². The van der Waals surface area contributed by atoms with Crippen LogP contribution in [0.4, 0.5) is 0 Å². The molecule has 0 aromatic rings. The van der Waals surface area contributed by atoms with E-state index in [-0.39, 0.29) is 75.4 Å². The molecule has 0 radical (unpaired) electrons. The van der Waals surface area contributed by atoms with Crippen molar-refractivity contribution in [1.29, 1.82) is 0 Å². The first-order valence-electron chi connectivity index (χ1n) is 43.1. The van der Waals surface area contributed by atoms with Gasteiger partial charge in [-0.25, -0.2) is 5.26 Å². The highest BCUT2D eigenvalue weighted by atomic mass is 31.1. The third-order valence-corrected chi connectivity index (χ3v) is 27.5. The number of ether oxygens (including phenoxy) is 12. The number of cyclic esters (lactones) is 2. The SMILES string of the molecule is CCCNC[C@]1(C)C(C)O[C@@H](OC2C(C)C(=O)OC(CC)[C@@](C)(O)[C@H](O)[C@@H](C)NC[C@H](C)C[C@](C)(O)[C@H](OC3OC(C)CC(N(C)C)[C@H]3O)C2C)C[C@@]1(C)OC.CCCNC[C@]1(C)C(C)O[C@@H](OC2C(C)C(=O)OC(CC)[C@@](C)(O)[C@H](O)[C@@H](C)NC[C@H](C)C[C@](C)(O)[C@H](OC3OC(C)CC(N(C)C)[C@H]3O)C2C)C[C@@]1(C)OC.O=[P+]([O-])OO.[HH]. The number of hydrogen-bond donors (Lipinski definition) is 13. The van der Waals surface area contributed by atoms with Crippen molar-refractivity contribution in [3.8, 4) is 0 Å². The second-order valence-corrected chi connectivity index (χ2v) is 38.3. The predicted octanol–water partition coefficient (Wildman–Crippen LogP) is 6.15. The molecule has 37 atom stereocenters. The van der Waals surface area contributed by atoms with Gasteiger partial charge in [0.25, 0.3) is 0 Å². The molecule has 0 amide bonds. The lowest BCUT2D eigenvalue weighted by Crippen LogP contribution is -2.64. The van der Waals surface area contributed by atoms with Crippen molar-refractivity contribution in [2.24, 2.45) is 46.3 Å². The molecule has 117 heavy (non-hydrogen) atoms. The number of esters is 2. The summed E-state index contributed by atoms with van der Waals surface area (Å²) in [5.74, 6) is -4.92. The van der Waals surface area contributed by atoms with Crippen LogP contribution in [-0.2, 0) is 75.7 Å². The van der Waals surface area contributed by atoms with Gasteiger partial charge >= 0.3 is 20.2 Å². The maximum absolute atomic E-state index is 14.4. The van der Waals surface area contributed by atoms with E-state index in [0.29, 0.717) is 51.9 Å².